The van der Waals surface area contributed by atoms with Crippen LogP contribution in [0.15, 0.2) is 0 Å². The third kappa shape index (κ3) is 2.41. The predicted molar refractivity (Wildman–Crippen MR) is 41.9 cm³/mol. The van der Waals surface area contributed by atoms with Crippen molar-refractivity contribution in [2.75, 3.05) is 0 Å². The van der Waals surface area contributed by atoms with Crippen molar-refractivity contribution in [2.45, 2.75) is 46.9 Å². The summed E-state index contributed by atoms with van der Waals surface area (Å²) in [6.07, 6.45) is 0. The van der Waals surface area contributed by atoms with Gasteiger partial charge in [-0.25, -0.2) is 0 Å². The summed E-state index contributed by atoms with van der Waals surface area (Å²) in [5.74, 6) is 0. The van der Waals surface area contributed by atoms with E-state index in [-0.39, 0.29) is 0 Å². The summed E-state index contributed by atoms with van der Waals surface area (Å²) >= 11 is -1.37. The predicted octanol–water partition coefficient (Wildman–Crippen LogP) is 3.89. The Morgan fingerprint density at radius 3 is 0.889 bits per heavy atom. The van der Waals surface area contributed by atoms with Crippen molar-refractivity contribution in [1.82, 2.24) is 0 Å². The molecule has 0 unspecified atom stereocenters. The summed E-state index contributed by atoms with van der Waals surface area (Å²) in [6, 6.07) is 0. The molecule has 9 heavy (non-hydrogen) atoms. The molecular weight excluding hydrogens is 280 g/mol. The molecule has 0 nitrogen and oxygen atoms in total. The molecule has 0 saturated heterocycles. The summed E-state index contributed by atoms with van der Waals surface area (Å²) in [5.41, 5.74) is 0. The standard InChI is InChI=1S/4C2H5.W/c4*1-2;/h4*1H2,2H3;. The summed E-state index contributed by atoms with van der Waals surface area (Å²) in [7, 11) is 0. The van der Waals surface area contributed by atoms with E-state index in [2.05, 4.69) is 27.7 Å². The van der Waals surface area contributed by atoms with Gasteiger partial charge in [0.15, 0.2) is 0 Å². The molecule has 1 heteroatoms. The van der Waals surface area contributed by atoms with Crippen LogP contribution in [0.5, 0.6) is 0 Å². The fourth-order valence-electron chi connectivity index (χ4n) is 1.22. The maximum absolute atomic E-state index is 2.39. The molecule has 0 amide bonds. The van der Waals surface area contributed by atoms with Gasteiger partial charge in [-0.05, 0) is 0 Å². The second-order valence-electron chi connectivity index (χ2n) is 2.38. The van der Waals surface area contributed by atoms with Gasteiger partial charge in [-0.3, -0.25) is 0 Å². The molecule has 0 saturated carbocycles. The molecule has 0 bridgehead atoms. The molecule has 0 aromatic carbocycles. The molecule has 0 aliphatic rings. The van der Waals surface area contributed by atoms with Crippen LogP contribution in [0.1, 0.15) is 27.7 Å². The van der Waals surface area contributed by atoms with Crippen molar-refractivity contribution >= 4 is 0 Å². The molecule has 0 spiro atoms. The Balaban J connectivity index is 3.82. The van der Waals surface area contributed by atoms with E-state index in [1.807, 2.05) is 0 Å². The zero-order chi connectivity index (χ0) is 7.33. The summed E-state index contributed by atoms with van der Waals surface area (Å²) in [6.45, 7) is 9.58. The molecule has 0 heterocycles. The molecule has 0 aromatic rings. The zero-order valence-corrected chi connectivity index (χ0v) is 10.2. The first-order valence-electron chi connectivity index (χ1n) is 3.98. The Hall–Kier alpha value is 0.688. The van der Waals surface area contributed by atoms with Gasteiger partial charge in [0.1, 0.15) is 0 Å². The van der Waals surface area contributed by atoms with Gasteiger partial charge in [0.2, 0.25) is 0 Å². The fraction of sp³-hybridized carbons (Fsp3) is 1.00. The van der Waals surface area contributed by atoms with E-state index in [1.165, 1.54) is 0 Å². The topological polar surface area (TPSA) is 0 Å². The van der Waals surface area contributed by atoms with Crippen LogP contribution >= 0.6 is 0 Å². The van der Waals surface area contributed by atoms with Crippen LogP contribution in [0.25, 0.3) is 0 Å². The van der Waals surface area contributed by atoms with Crippen LogP contribution in [0.3, 0.4) is 0 Å². The van der Waals surface area contributed by atoms with E-state index in [9.17, 15) is 0 Å². The van der Waals surface area contributed by atoms with Crippen molar-refractivity contribution < 1.29 is 16.1 Å². The zero-order valence-electron chi connectivity index (χ0n) is 7.24. The van der Waals surface area contributed by atoms with Crippen molar-refractivity contribution in [1.29, 1.82) is 0 Å². The Bertz CT molecular complexity index is 47.5. The Kier molecular flexibility index (Phi) is 4.84. The third-order valence-electron chi connectivity index (χ3n) is 2.45. The molecule has 58 valence electrons. The van der Waals surface area contributed by atoms with E-state index in [0.29, 0.717) is 0 Å². The number of hydrogen-bond acceptors (Lipinski definition) is 0. The molecule has 0 N–H and O–H groups in total. The van der Waals surface area contributed by atoms with Gasteiger partial charge in [0.05, 0.1) is 0 Å². The number of hydrogen-bond donors (Lipinski definition) is 0. The Morgan fingerprint density at radius 2 is 0.889 bits per heavy atom. The van der Waals surface area contributed by atoms with Gasteiger partial charge < -0.3 is 0 Å². The second kappa shape index (κ2) is 4.50. The molecule has 0 aliphatic carbocycles. The molecule has 0 atom stereocenters. The molecule has 0 aromatic heterocycles. The van der Waals surface area contributed by atoms with Crippen LogP contribution in [0.2, 0.25) is 19.2 Å². The van der Waals surface area contributed by atoms with Gasteiger partial charge >= 0.3 is 63.0 Å². The first-order chi connectivity index (χ1) is 4.24. The van der Waals surface area contributed by atoms with Crippen LogP contribution in [0.4, 0.5) is 0 Å². The first-order valence-corrected chi connectivity index (χ1v) is 12.3. The normalized spacial score (nSPS) is 13.8. The summed E-state index contributed by atoms with van der Waals surface area (Å²) < 4.78 is 0. The summed E-state index contributed by atoms with van der Waals surface area (Å²) in [4.78, 5) is 6.21. The average molecular weight is 300 g/mol. The number of rotatable bonds is 4. The van der Waals surface area contributed by atoms with Crippen LogP contribution < -0.4 is 0 Å². The second-order valence-corrected chi connectivity index (χ2v) is 19.5. The maximum atomic E-state index is 2.39. The minimum absolute atomic E-state index is 1.37. The van der Waals surface area contributed by atoms with Crippen LogP contribution in [-0.4, -0.2) is 0 Å². The van der Waals surface area contributed by atoms with Gasteiger partial charge in [0.25, 0.3) is 0 Å². The van der Waals surface area contributed by atoms with Crippen molar-refractivity contribution in [3.8, 4) is 0 Å². The van der Waals surface area contributed by atoms with E-state index in [0.717, 1.165) is 0 Å². The van der Waals surface area contributed by atoms with Crippen molar-refractivity contribution in [2.24, 2.45) is 0 Å². The average Bonchev–Trinajstić information content (AvgIpc) is 1.95. The Labute approximate surface area is 63.2 Å². The van der Waals surface area contributed by atoms with Crippen LogP contribution in [-0.2, 0) is 16.1 Å². The Morgan fingerprint density at radius 1 is 0.667 bits per heavy atom. The molecule has 0 radical (unpaired) electrons. The monoisotopic (exact) mass is 300 g/mol. The van der Waals surface area contributed by atoms with Crippen molar-refractivity contribution in [3.05, 3.63) is 0 Å². The van der Waals surface area contributed by atoms with Gasteiger partial charge in [-0.2, -0.15) is 0 Å². The van der Waals surface area contributed by atoms with Gasteiger partial charge in [0, 0.05) is 0 Å². The van der Waals surface area contributed by atoms with Gasteiger partial charge in [-0.1, -0.05) is 0 Å². The van der Waals surface area contributed by atoms with E-state index >= 15 is 0 Å². The fourth-order valence-corrected chi connectivity index (χ4v) is 10.0. The van der Waals surface area contributed by atoms with Crippen LogP contribution in [0, 0.1) is 0 Å². The van der Waals surface area contributed by atoms with E-state index in [1.54, 1.807) is 19.2 Å². The SMILES string of the molecule is C[CH2][W]([CH2]C)([CH2]C)[CH2]C. The van der Waals surface area contributed by atoms with E-state index in [4.69, 9.17) is 0 Å². The van der Waals surface area contributed by atoms with Crippen molar-refractivity contribution in [3.63, 3.8) is 0 Å². The first kappa shape index (κ1) is 9.69. The molecule has 0 rings (SSSR count). The molecule has 0 fully saturated rings. The minimum atomic E-state index is -1.37. The quantitative estimate of drug-likeness (QED) is 0.739. The van der Waals surface area contributed by atoms with E-state index < -0.39 is 16.1 Å². The molecule has 0 aliphatic heterocycles. The third-order valence-corrected chi connectivity index (χ3v) is 20.0. The van der Waals surface area contributed by atoms with Gasteiger partial charge in [-0.15, -0.1) is 0 Å². The summed E-state index contributed by atoms with van der Waals surface area (Å²) in [5, 5.41) is 0. The molecular formula is C8H20W.